The molecule has 112 valence electrons. The van der Waals surface area contributed by atoms with Gasteiger partial charge in [0.25, 0.3) is 0 Å². The first-order valence-electron chi connectivity index (χ1n) is 8.10. The molecule has 1 aromatic heterocycles. The third kappa shape index (κ3) is 4.09. The van der Waals surface area contributed by atoms with E-state index in [1.54, 1.807) is 6.33 Å². The Morgan fingerprint density at radius 1 is 1.20 bits per heavy atom. The van der Waals surface area contributed by atoms with E-state index < -0.39 is 0 Å². The van der Waals surface area contributed by atoms with Crippen molar-refractivity contribution in [1.82, 2.24) is 9.97 Å². The molecule has 2 rings (SSSR count). The molecule has 1 aliphatic carbocycles. The number of hydrogen-bond acceptors (Lipinski definition) is 4. The molecule has 0 spiro atoms. The molecule has 20 heavy (non-hydrogen) atoms. The largest absolute Gasteiger partial charge is 0.373 e. The van der Waals surface area contributed by atoms with E-state index in [-0.39, 0.29) is 0 Å². The summed E-state index contributed by atoms with van der Waals surface area (Å²) in [6.45, 7) is 3.21. The summed E-state index contributed by atoms with van der Waals surface area (Å²) >= 11 is 0. The van der Waals surface area contributed by atoms with E-state index in [2.05, 4.69) is 27.5 Å². The van der Waals surface area contributed by atoms with E-state index >= 15 is 0 Å². The SMILES string of the molecule is CCCc1c(NC)ncnc1NCCCC1CCCC1. The van der Waals surface area contributed by atoms with E-state index in [0.29, 0.717) is 0 Å². The zero-order valence-corrected chi connectivity index (χ0v) is 12.9. The van der Waals surface area contributed by atoms with Gasteiger partial charge in [-0.3, -0.25) is 0 Å². The lowest BCUT2D eigenvalue weighted by atomic mass is 10.0. The Morgan fingerprint density at radius 2 is 1.95 bits per heavy atom. The van der Waals surface area contributed by atoms with Crippen molar-refractivity contribution in [2.75, 3.05) is 24.2 Å². The van der Waals surface area contributed by atoms with Crippen molar-refractivity contribution < 1.29 is 0 Å². The molecule has 1 fully saturated rings. The molecule has 0 radical (unpaired) electrons. The van der Waals surface area contributed by atoms with Gasteiger partial charge in [0, 0.05) is 19.2 Å². The maximum absolute atomic E-state index is 4.41. The molecular weight excluding hydrogens is 248 g/mol. The summed E-state index contributed by atoms with van der Waals surface area (Å²) in [7, 11) is 1.92. The molecule has 1 aromatic rings. The number of anilines is 2. The fourth-order valence-electron chi connectivity index (χ4n) is 3.16. The van der Waals surface area contributed by atoms with Gasteiger partial charge in [-0.2, -0.15) is 0 Å². The van der Waals surface area contributed by atoms with Gasteiger partial charge in [0.05, 0.1) is 0 Å². The second kappa shape index (κ2) is 8.08. The summed E-state index contributed by atoms with van der Waals surface area (Å²) in [5.74, 6) is 2.95. The van der Waals surface area contributed by atoms with E-state index in [1.165, 1.54) is 44.1 Å². The van der Waals surface area contributed by atoms with Crippen LogP contribution in [0.4, 0.5) is 11.6 Å². The van der Waals surface area contributed by atoms with Crippen molar-refractivity contribution in [1.29, 1.82) is 0 Å². The molecule has 1 aliphatic rings. The lowest BCUT2D eigenvalue weighted by Crippen LogP contribution is -2.10. The molecule has 0 bridgehead atoms. The number of nitrogens with zero attached hydrogens (tertiary/aromatic N) is 2. The monoisotopic (exact) mass is 276 g/mol. The molecule has 0 atom stereocenters. The summed E-state index contributed by atoms with van der Waals surface area (Å²) < 4.78 is 0. The van der Waals surface area contributed by atoms with Gasteiger partial charge in [-0.15, -0.1) is 0 Å². The highest BCUT2D eigenvalue weighted by Gasteiger charge is 2.14. The molecule has 0 saturated heterocycles. The minimum absolute atomic E-state index is 0.958. The predicted molar refractivity (Wildman–Crippen MR) is 85.3 cm³/mol. The number of aromatic nitrogens is 2. The van der Waals surface area contributed by atoms with Crippen LogP contribution in [-0.4, -0.2) is 23.6 Å². The van der Waals surface area contributed by atoms with E-state index in [9.17, 15) is 0 Å². The first kappa shape index (κ1) is 15.1. The Balaban J connectivity index is 1.84. The maximum atomic E-state index is 4.41. The highest BCUT2D eigenvalue weighted by Crippen LogP contribution is 2.28. The van der Waals surface area contributed by atoms with E-state index in [4.69, 9.17) is 0 Å². The molecule has 1 saturated carbocycles. The maximum Gasteiger partial charge on any atom is 0.134 e. The summed E-state index contributed by atoms with van der Waals surface area (Å²) in [5.41, 5.74) is 1.22. The van der Waals surface area contributed by atoms with Gasteiger partial charge in [-0.25, -0.2) is 9.97 Å². The summed E-state index contributed by atoms with van der Waals surface area (Å²) in [4.78, 5) is 8.72. The fourth-order valence-corrected chi connectivity index (χ4v) is 3.16. The highest BCUT2D eigenvalue weighted by atomic mass is 15.1. The van der Waals surface area contributed by atoms with Gasteiger partial charge < -0.3 is 10.6 Å². The Bertz CT molecular complexity index is 399. The summed E-state index contributed by atoms with van der Waals surface area (Å²) in [6, 6.07) is 0. The van der Waals surface area contributed by atoms with Gasteiger partial charge in [0.2, 0.25) is 0 Å². The Labute approximate surface area is 122 Å². The van der Waals surface area contributed by atoms with Crippen LogP contribution < -0.4 is 10.6 Å². The normalized spacial score (nSPS) is 15.5. The van der Waals surface area contributed by atoms with Crippen molar-refractivity contribution in [2.45, 2.75) is 58.3 Å². The van der Waals surface area contributed by atoms with Crippen LogP contribution in [0.2, 0.25) is 0 Å². The van der Waals surface area contributed by atoms with Crippen molar-refractivity contribution in [3.8, 4) is 0 Å². The molecule has 0 aliphatic heterocycles. The predicted octanol–water partition coefficient (Wildman–Crippen LogP) is 3.85. The minimum atomic E-state index is 0.958. The van der Waals surface area contributed by atoms with Gasteiger partial charge >= 0.3 is 0 Å². The van der Waals surface area contributed by atoms with Crippen molar-refractivity contribution in [3.05, 3.63) is 11.9 Å². The number of nitrogens with one attached hydrogen (secondary N) is 2. The lowest BCUT2D eigenvalue weighted by molar-refractivity contribution is 0.491. The zero-order valence-electron chi connectivity index (χ0n) is 12.9. The van der Waals surface area contributed by atoms with Crippen LogP contribution in [0.3, 0.4) is 0 Å². The molecule has 0 amide bonds. The molecule has 1 heterocycles. The van der Waals surface area contributed by atoms with Crippen LogP contribution in [0.15, 0.2) is 6.33 Å². The third-order valence-corrected chi connectivity index (χ3v) is 4.24. The van der Waals surface area contributed by atoms with E-state index in [1.807, 2.05) is 7.05 Å². The Morgan fingerprint density at radius 3 is 2.65 bits per heavy atom. The quantitative estimate of drug-likeness (QED) is 0.708. The van der Waals surface area contributed by atoms with Crippen LogP contribution in [0.1, 0.15) is 57.4 Å². The van der Waals surface area contributed by atoms with Gasteiger partial charge in [-0.05, 0) is 25.2 Å². The zero-order chi connectivity index (χ0) is 14.2. The van der Waals surface area contributed by atoms with Gasteiger partial charge in [0.15, 0.2) is 0 Å². The molecular formula is C16H28N4. The van der Waals surface area contributed by atoms with E-state index in [0.717, 1.165) is 36.9 Å². The van der Waals surface area contributed by atoms with Crippen LogP contribution in [0.5, 0.6) is 0 Å². The standard InChI is InChI=1S/C16H28N4/c1-3-7-14-15(17-2)19-12-20-16(14)18-11-6-10-13-8-4-5-9-13/h12-13H,3-11H2,1-2H3,(H2,17,18,19,20). The Kier molecular flexibility index (Phi) is 6.09. The first-order valence-corrected chi connectivity index (χ1v) is 8.10. The summed E-state index contributed by atoms with van der Waals surface area (Å²) in [5, 5.41) is 6.67. The lowest BCUT2D eigenvalue weighted by Gasteiger charge is -2.14. The smallest absolute Gasteiger partial charge is 0.134 e. The highest BCUT2D eigenvalue weighted by molar-refractivity contribution is 5.57. The second-order valence-electron chi connectivity index (χ2n) is 5.77. The van der Waals surface area contributed by atoms with Crippen molar-refractivity contribution in [2.24, 2.45) is 5.92 Å². The average molecular weight is 276 g/mol. The first-order chi connectivity index (χ1) is 9.85. The minimum Gasteiger partial charge on any atom is -0.373 e. The molecule has 2 N–H and O–H groups in total. The Hall–Kier alpha value is -1.32. The third-order valence-electron chi connectivity index (χ3n) is 4.24. The van der Waals surface area contributed by atoms with Crippen LogP contribution in [0.25, 0.3) is 0 Å². The van der Waals surface area contributed by atoms with Crippen molar-refractivity contribution >= 4 is 11.6 Å². The van der Waals surface area contributed by atoms with Gasteiger partial charge in [0.1, 0.15) is 18.0 Å². The summed E-state index contributed by atoms with van der Waals surface area (Å²) in [6.07, 6.45) is 12.1. The average Bonchev–Trinajstić information content (AvgIpc) is 2.98. The fraction of sp³-hybridized carbons (Fsp3) is 0.750. The van der Waals surface area contributed by atoms with Crippen molar-refractivity contribution in [3.63, 3.8) is 0 Å². The van der Waals surface area contributed by atoms with Crippen LogP contribution in [-0.2, 0) is 6.42 Å². The second-order valence-corrected chi connectivity index (χ2v) is 5.77. The molecule has 0 aromatic carbocycles. The van der Waals surface area contributed by atoms with Crippen LogP contribution >= 0.6 is 0 Å². The van der Waals surface area contributed by atoms with Crippen LogP contribution in [0, 0.1) is 5.92 Å². The molecule has 4 heteroatoms. The number of rotatable bonds is 8. The topological polar surface area (TPSA) is 49.8 Å². The molecule has 4 nitrogen and oxygen atoms in total. The molecule has 0 unspecified atom stereocenters. The number of hydrogen-bond donors (Lipinski definition) is 2. The van der Waals surface area contributed by atoms with Gasteiger partial charge in [-0.1, -0.05) is 39.0 Å².